The minimum absolute atomic E-state index is 0.0148. The fourth-order valence-corrected chi connectivity index (χ4v) is 2.55. The summed E-state index contributed by atoms with van der Waals surface area (Å²) in [6.45, 7) is 6.24. The zero-order chi connectivity index (χ0) is 17.4. The second kappa shape index (κ2) is 9.08. The van der Waals surface area contributed by atoms with Crippen LogP contribution in [0.4, 0.5) is 0 Å². The fraction of sp³-hybridized carbons (Fsp3) is 0.350. The predicted octanol–water partition coefficient (Wildman–Crippen LogP) is 3.43. The first-order valence-corrected chi connectivity index (χ1v) is 8.35. The lowest BCUT2D eigenvalue weighted by molar-refractivity contribution is 0.0953. The minimum atomic E-state index is -0.0148. The molecule has 24 heavy (non-hydrogen) atoms. The monoisotopic (exact) mass is 326 g/mol. The van der Waals surface area contributed by atoms with Crippen LogP contribution in [0.25, 0.3) is 0 Å². The highest BCUT2D eigenvalue weighted by molar-refractivity contribution is 5.94. The predicted molar refractivity (Wildman–Crippen MR) is 97.3 cm³/mol. The first-order valence-electron chi connectivity index (χ1n) is 8.35. The molecule has 1 amide bonds. The number of benzene rings is 2. The van der Waals surface area contributed by atoms with E-state index in [1.165, 1.54) is 5.56 Å². The van der Waals surface area contributed by atoms with Gasteiger partial charge in [0.2, 0.25) is 0 Å². The Bertz CT molecular complexity index is 683. The summed E-state index contributed by atoms with van der Waals surface area (Å²) in [5.41, 5.74) is 4.14. The maximum absolute atomic E-state index is 12.0. The summed E-state index contributed by atoms with van der Waals surface area (Å²) < 4.78 is 5.40. The van der Waals surface area contributed by atoms with Crippen LogP contribution in [0, 0.1) is 6.92 Å². The van der Waals surface area contributed by atoms with Gasteiger partial charge in [0, 0.05) is 30.8 Å². The summed E-state index contributed by atoms with van der Waals surface area (Å²) in [7, 11) is 1.69. The van der Waals surface area contributed by atoms with Gasteiger partial charge in [-0.1, -0.05) is 36.8 Å². The summed E-state index contributed by atoms with van der Waals surface area (Å²) in [4.78, 5) is 12.0. The Hall–Kier alpha value is -2.33. The van der Waals surface area contributed by atoms with Crippen molar-refractivity contribution in [2.75, 3.05) is 13.7 Å². The smallest absolute Gasteiger partial charge is 0.251 e. The largest absolute Gasteiger partial charge is 0.496 e. The van der Waals surface area contributed by atoms with Gasteiger partial charge < -0.3 is 15.4 Å². The van der Waals surface area contributed by atoms with E-state index in [0.29, 0.717) is 18.7 Å². The lowest BCUT2D eigenvalue weighted by atomic mass is 10.1. The van der Waals surface area contributed by atoms with Crippen LogP contribution in [0.15, 0.2) is 42.5 Å². The lowest BCUT2D eigenvalue weighted by Crippen LogP contribution is -2.24. The molecule has 0 aliphatic carbocycles. The highest BCUT2D eigenvalue weighted by atomic mass is 16.5. The van der Waals surface area contributed by atoms with Crippen LogP contribution in [-0.2, 0) is 13.1 Å². The molecule has 128 valence electrons. The Morgan fingerprint density at radius 1 is 1.12 bits per heavy atom. The third kappa shape index (κ3) is 5.10. The van der Waals surface area contributed by atoms with Gasteiger partial charge in [-0.05, 0) is 37.1 Å². The van der Waals surface area contributed by atoms with Crippen molar-refractivity contribution in [1.29, 1.82) is 0 Å². The Morgan fingerprint density at radius 3 is 2.71 bits per heavy atom. The van der Waals surface area contributed by atoms with Gasteiger partial charge in [0.05, 0.1) is 7.11 Å². The van der Waals surface area contributed by atoms with Crippen LogP contribution < -0.4 is 15.4 Å². The van der Waals surface area contributed by atoms with Crippen molar-refractivity contribution in [3.63, 3.8) is 0 Å². The molecule has 2 aromatic carbocycles. The van der Waals surface area contributed by atoms with E-state index in [1.807, 2.05) is 43.3 Å². The normalized spacial score (nSPS) is 10.5. The maximum Gasteiger partial charge on any atom is 0.251 e. The Kier molecular flexibility index (Phi) is 6.82. The van der Waals surface area contributed by atoms with Gasteiger partial charge in [-0.25, -0.2) is 0 Å². The van der Waals surface area contributed by atoms with E-state index >= 15 is 0 Å². The van der Waals surface area contributed by atoms with Crippen LogP contribution in [0.3, 0.4) is 0 Å². The second-order valence-corrected chi connectivity index (χ2v) is 5.88. The number of nitrogens with one attached hydrogen (secondary N) is 2. The van der Waals surface area contributed by atoms with Crippen LogP contribution in [0.1, 0.15) is 40.4 Å². The van der Waals surface area contributed by atoms with Crippen molar-refractivity contribution in [3.8, 4) is 5.75 Å². The molecule has 2 aromatic rings. The highest BCUT2D eigenvalue weighted by Gasteiger charge is 2.06. The van der Waals surface area contributed by atoms with Crippen molar-refractivity contribution in [2.24, 2.45) is 0 Å². The van der Waals surface area contributed by atoms with E-state index in [4.69, 9.17) is 4.74 Å². The first-order chi connectivity index (χ1) is 11.6. The number of aryl methyl sites for hydroxylation is 1. The molecule has 0 aromatic heterocycles. The number of hydrogen-bond donors (Lipinski definition) is 2. The third-order valence-corrected chi connectivity index (χ3v) is 3.81. The van der Waals surface area contributed by atoms with Crippen LogP contribution >= 0.6 is 0 Å². The molecule has 0 aliphatic rings. The Labute approximate surface area is 144 Å². The van der Waals surface area contributed by atoms with E-state index < -0.39 is 0 Å². The van der Waals surface area contributed by atoms with Crippen LogP contribution in [0.5, 0.6) is 5.75 Å². The van der Waals surface area contributed by atoms with Gasteiger partial charge >= 0.3 is 0 Å². The zero-order valence-electron chi connectivity index (χ0n) is 14.7. The molecule has 0 saturated heterocycles. The molecule has 0 fully saturated rings. The quantitative estimate of drug-likeness (QED) is 0.781. The summed E-state index contributed by atoms with van der Waals surface area (Å²) in [5, 5.41) is 6.32. The van der Waals surface area contributed by atoms with Gasteiger partial charge in [-0.3, -0.25) is 4.79 Å². The SMILES string of the molecule is CCCNC(=O)c1cccc(CNCc2cc(C)ccc2OC)c1. The Morgan fingerprint density at radius 2 is 1.96 bits per heavy atom. The molecule has 0 spiro atoms. The zero-order valence-corrected chi connectivity index (χ0v) is 14.7. The van der Waals surface area contributed by atoms with Crippen molar-refractivity contribution < 1.29 is 9.53 Å². The lowest BCUT2D eigenvalue weighted by Gasteiger charge is -2.11. The molecule has 4 nitrogen and oxygen atoms in total. The summed E-state index contributed by atoms with van der Waals surface area (Å²) in [5.74, 6) is 0.875. The molecule has 2 rings (SSSR count). The molecule has 4 heteroatoms. The van der Waals surface area contributed by atoms with Crippen molar-refractivity contribution >= 4 is 5.91 Å². The molecule has 0 bridgehead atoms. The number of hydrogen-bond acceptors (Lipinski definition) is 3. The molecule has 0 radical (unpaired) electrons. The molecule has 0 saturated carbocycles. The first kappa shape index (κ1) is 18.0. The number of ether oxygens (including phenoxy) is 1. The summed E-state index contributed by atoms with van der Waals surface area (Å²) in [6.07, 6.45) is 0.936. The topological polar surface area (TPSA) is 50.4 Å². The number of carbonyl (C=O) groups is 1. The molecule has 0 heterocycles. The molecular formula is C20H26N2O2. The fourth-order valence-electron chi connectivity index (χ4n) is 2.55. The Balaban J connectivity index is 1.95. The van der Waals surface area contributed by atoms with Crippen molar-refractivity contribution in [2.45, 2.75) is 33.4 Å². The van der Waals surface area contributed by atoms with Crippen LogP contribution in [0.2, 0.25) is 0 Å². The third-order valence-electron chi connectivity index (χ3n) is 3.81. The van der Waals surface area contributed by atoms with Gasteiger partial charge in [0.15, 0.2) is 0 Å². The number of rotatable bonds is 8. The highest BCUT2D eigenvalue weighted by Crippen LogP contribution is 2.19. The standard InChI is InChI=1S/C20H26N2O2/c1-4-10-22-20(23)17-7-5-6-16(12-17)13-21-14-18-11-15(2)8-9-19(18)24-3/h5-9,11-12,21H,4,10,13-14H2,1-3H3,(H,22,23). The van der Waals surface area contributed by atoms with Crippen molar-refractivity contribution in [3.05, 3.63) is 64.7 Å². The molecule has 0 atom stereocenters. The summed E-state index contributed by atoms with van der Waals surface area (Å²) >= 11 is 0. The van der Waals surface area contributed by atoms with E-state index in [9.17, 15) is 4.79 Å². The molecule has 0 unspecified atom stereocenters. The number of amides is 1. The van der Waals surface area contributed by atoms with Gasteiger partial charge in [-0.15, -0.1) is 0 Å². The molecule has 2 N–H and O–H groups in total. The average molecular weight is 326 g/mol. The maximum atomic E-state index is 12.0. The number of carbonyl (C=O) groups excluding carboxylic acids is 1. The van der Waals surface area contributed by atoms with Crippen molar-refractivity contribution in [1.82, 2.24) is 10.6 Å². The van der Waals surface area contributed by atoms with Gasteiger partial charge in [-0.2, -0.15) is 0 Å². The summed E-state index contributed by atoms with van der Waals surface area (Å²) in [6, 6.07) is 13.9. The molecular weight excluding hydrogens is 300 g/mol. The minimum Gasteiger partial charge on any atom is -0.496 e. The van der Waals surface area contributed by atoms with E-state index in [2.05, 4.69) is 23.6 Å². The average Bonchev–Trinajstić information content (AvgIpc) is 2.60. The second-order valence-electron chi connectivity index (χ2n) is 5.88. The number of methoxy groups -OCH3 is 1. The van der Waals surface area contributed by atoms with E-state index in [-0.39, 0.29) is 5.91 Å². The molecule has 0 aliphatic heterocycles. The van der Waals surface area contributed by atoms with Gasteiger partial charge in [0.25, 0.3) is 5.91 Å². The van der Waals surface area contributed by atoms with Crippen LogP contribution in [-0.4, -0.2) is 19.6 Å². The van der Waals surface area contributed by atoms with Gasteiger partial charge in [0.1, 0.15) is 5.75 Å². The van der Waals surface area contributed by atoms with E-state index in [0.717, 1.165) is 29.8 Å². The van der Waals surface area contributed by atoms with E-state index in [1.54, 1.807) is 7.11 Å².